The molecule has 2 bridgehead atoms. The van der Waals surface area contributed by atoms with Crippen LogP contribution < -0.4 is 5.32 Å². The van der Waals surface area contributed by atoms with E-state index < -0.39 is 106 Å². The molecule has 55 heavy (non-hydrogen) atoms. The minimum absolute atomic E-state index is 0.0926. The van der Waals surface area contributed by atoms with Crippen LogP contribution in [-0.4, -0.2) is 119 Å². The molecule has 2 saturated heterocycles. The largest absolute Gasteiger partial charge is 0.456 e. The van der Waals surface area contributed by atoms with E-state index >= 15 is 4.39 Å². The number of likely N-dealkylation sites (N-methyl/N-ethyl adjacent to an activating group) is 1. The van der Waals surface area contributed by atoms with Crippen LogP contribution in [0.5, 0.6) is 0 Å². The third-order valence-corrected chi connectivity index (χ3v) is 12.9. The number of nitrogens with one attached hydrogen (secondary N) is 1. The number of carbonyl (C=O) groups excluding carboxylic acids is 3. The average Bonchev–Trinajstić information content (AvgIpc) is 3.46. The molecule has 6 rings (SSSR count). The maximum absolute atomic E-state index is 15.1. The standard InChI is InChI=1S/C40H58FN3O11/c1-20-24(51-34(47)30(46)29(28-23(41)13-12-16-42-28)43-35(48)55-36(4,5)6)17-40(49)21(2)32-38(9,15-14-25-39(32,19-50-25)54-22(3)45)33-31(27(20)37(40,7)8)52-26(53-33)18-44(10)11/h12-13,16,21,24-26,29-33,46,49H,14-15,17-19H2,1-11H3,(H,43,48)/t21-,24-,25+,26+,29-,30+,31+,32-,33+,38+,39-,40+/m0/s1. The Labute approximate surface area is 322 Å². The molecule has 0 radical (unpaired) electrons. The third kappa shape index (κ3) is 6.96. The maximum Gasteiger partial charge on any atom is 0.408 e. The van der Waals surface area contributed by atoms with Crippen molar-refractivity contribution in [1.29, 1.82) is 0 Å². The molecule has 1 aromatic rings. The summed E-state index contributed by atoms with van der Waals surface area (Å²) in [6, 6.07) is 0.745. The van der Waals surface area contributed by atoms with Crippen LogP contribution in [0, 0.1) is 28.5 Å². The number of aliphatic hydroxyl groups excluding tert-OH is 1. The predicted octanol–water partition coefficient (Wildman–Crippen LogP) is 3.98. The molecule has 1 amide bonds. The summed E-state index contributed by atoms with van der Waals surface area (Å²) in [5, 5.41) is 27.3. The number of halogens is 1. The minimum Gasteiger partial charge on any atom is -0.456 e. The van der Waals surface area contributed by atoms with Crippen molar-refractivity contribution >= 4 is 18.0 Å². The van der Waals surface area contributed by atoms with Gasteiger partial charge in [-0.05, 0) is 83.8 Å². The number of hydrogen-bond donors (Lipinski definition) is 3. The highest BCUT2D eigenvalue weighted by molar-refractivity contribution is 5.78. The molecule has 3 aliphatic carbocycles. The number of esters is 2. The fourth-order valence-electron chi connectivity index (χ4n) is 10.5. The summed E-state index contributed by atoms with van der Waals surface area (Å²) in [4.78, 5) is 45.8. The van der Waals surface area contributed by atoms with Crippen molar-refractivity contribution in [2.24, 2.45) is 22.7 Å². The molecular weight excluding hydrogens is 717 g/mol. The molecule has 3 heterocycles. The summed E-state index contributed by atoms with van der Waals surface area (Å²) in [5.41, 5.74) is -4.33. The fraction of sp³-hybridized carbons (Fsp3) is 0.750. The number of alkyl carbamates (subject to hydrolysis) is 1. The number of fused-ring (bicyclic) bond motifs is 8. The summed E-state index contributed by atoms with van der Waals surface area (Å²) in [5.74, 6) is -3.58. The number of aromatic nitrogens is 1. The van der Waals surface area contributed by atoms with Crippen molar-refractivity contribution < 1.29 is 57.4 Å². The summed E-state index contributed by atoms with van der Waals surface area (Å²) < 4.78 is 52.6. The molecule has 2 aliphatic heterocycles. The molecule has 306 valence electrons. The van der Waals surface area contributed by atoms with Crippen LogP contribution in [0.25, 0.3) is 0 Å². The second kappa shape index (κ2) is 14.3. The number of hydrogen-bond acceptors (Lipinski definition) is 13. The van der Waals surface area contributed by atoms with Gasteiger partial charge in [0, 0.05) is 42.8 Å². The van der Waals surface area contributed by atoms with Crippen molar-refractivity contribution in [3.63, 3.8) is 0 Å². The van der Waals surface area contributed by atoms with E-state index in [1.807, 2.05) is 46.7 Å². The van der Waals surface area contributed by atoms with Crippen molar-refractivity contribution in [1.82, 2.24) is 15.2 Å². The minimum atomic E-state index is -2.13. The number of ether oxygens (including phenoxy) is 6. The van der Waals surface area contributed by atoms with Gasteiger partial charge in [0.2, 0.25) is 0 Å². The summed E-state index contributed by atoms with van der Waals surface area (Å²) in [6.07, 6.45) is -4.08. The number of rotatable bonds is 8. The predicted molar refractivity (Wildman–Crippen MR) is 195 cm³/mol. The van der Waals surface area contributed by atoms with Gasteiger partial charge in [-0.25, -0.2) is 14.0 Å². The van der Waals surface area contributed by atoms with Crippen LogP contribution in [0.1, 0.15) is 93.3 Å². The second-order valence-corrected chi connectivity index (χ2v) is 18.2. The molecule has 0 unspecified atom stereocenters. The Kier molecular flexibility index (Phi) is 10.8. The number of pyridine rings is 1. The lowest BCUT2D eigenvalue weighted by molar-refractivity contribution is -0.337. The molecule has 4 fully saturated rings. The Hall–Kier alpha value is -3.21. The quantitative estimate of drug-likeness (QED) is 0.197. The smallest absolute Gasteiger partial charge is 0.408 e. The number of aliphatic hydroxyl groups is 2. The molecule has 0 aromatic carbocycles. The first-order valence-corrected chi connectivity index (χ1v) is 19.2. The first kappa shape index (κ1) is 41.4. The van der Waals surface area contributed by atoms with Crippen LogP contribution in [0.15, 0.2) is 29.5 Å². The maximum atomic E-state index is 15.1. The van der Waals surface area contributed by atoms with Crippen molar-refractivity contribution in [2.45, 2.75) is 141 Å². The highest BCUT2D eigenvalue weighted by Crippen LogP contribution is 2.67. The highest BCUT2D eigenvalue weighted by atomic mass is 19.1. The van der Waals surface area contributed by atoms with Crippen LogP contribution in [-0.2, 0) is 38.0 Å². The van der Waals surface area contributed by atoms with Gasteiger partial charge < -0.3 is 48.9 Å². The Bertz CT molecular complexity index is 1710. The first-order valence-electron chi connectivity index (χ1n) is 19.2. The Balaban J connectivity index is 1.44. The second-order valence-electron chi connectivity index (χ2n) is 18.2. The zero-order chi connectivity index (χ0) is 40.6. The van der Waals surface area contributed by atoms with Gasteiger partial charge in [-0.2, -0.15) is 0 Å². The van der Waals surface area contributed by atoms with Crippen molar-refractivity contribution in [2.75, 3.05) is 27.2 Å². The zero-order valence-electron chi connectivity index (χ0n) is 33.8. The monoisotopic (exact) mass is 775 g/mol. The molecule has 5 aliphatic rings. The van der Waals surface area contributed by atoms with Crippen molar-refractivity contribution in [3.05, 3.63) is 41.0 Å². The van der Waals surface area contributed by atoms with Crippen LogP contribution in [0.4, 0.5) is 9.18 Å². The van der Waals surface area contributed by atoms with E-state index in [4.69, 9.17) is 28.4 Å². The SMILES string of the molecule is CC(=O)O[C@@]12CO[C@@H]1CC[C@@]1(C)[C@@H]3O[C@H](CN(C)C)O[C@@H]3C3=C(C)[C@@H](OC(=O)[C@H](O)[C@@H](NC(=O)OC(C)(C)C)c4ncccc4F)C[C@@](O)([C@@H](C)[C@@H]12)C3(C)C. The first-order chi connectivity index (χ1) is 25.5. The molecular formula is C40H58FN3O11. The van der Waals surface area contributed by atoms with Crippen LogP contribution in [0.3, 0.4) is 0 Å². The van der Waals surface area contributed by atoms with Gasteiger partial charge in [0.25, 0.3) is 0 Å². The van der Waals surface area contributed by atoms with Crippen LogP contribution in [0.2, 0.25) is 0 Å². The summed E-state index contributed by atoms with van der Waals surface area (Å²) in [6.45, 7) is 16.7. The van der Waals surface area contributed by atoms with E-state index in [1.165, 1.54) is 19.2 Å². The fourth-order valence-corrected chi connectivity index (χ4v) is 10.5. The van der Waals surface area contributed by atoms with E-state index in [0.29, 0.717) is 30.5 Å². The van der Waals surface area contributed by atoms with E-state index in [2.05, 4.69) is 17.2 Å². The lowest BCUT2D eigenvalue weighted by atomic mass is 9.43. The van der Waals surface area contributed by atoms with Gasteiger partial charge in [0.1, 0.15) is 41.5 Å². The molecule has 1 aromatic heterocycles. The number of amides is 1. The van der Waals surface area contributed by atoms with E-state index in [-0.39, 0.29) is 19.1 Å². The highest BCUT2D eigenvalue weighted by Gasteiger charge is 2.75. The topological polar surface area (TPSA) is 175 Å². The Morgan fingerprint density at radius 2 is 1.87 bits per heavy atom. The molecule has 3 N–H and O–H groups in total. The zero-order valence-corrected chi connectivity index (χ0v) is 33.8. The van der Waals surface area contributed by atoms with Crippen LogP contribution >= 0.6 is 0 Å². The number of carbonyl (C=O) groups is 3. The third-order valence-electron chi connectivity index (χ3n) is 12.9. The summed E-state index contributed by atoms with van der Waals surface area (Å²) in [7, 11) is 3.84. The van der Waals surface area contributed by atoms with Gasteiger partial charge in [-0.3, -0.25) is 9.78 Å². The van der Waals surface area contributed by atoms with Gasteiger partial charge in [-0.1, -0.05) is 27.7 Å². The molecule has 14 nitrogen and oxygen atoms in total. The van der Waals surface area contributed by atoms with Gasteiger partial charge >= 0.3 is 18.0 Å². The van der Waals surface area contributed by atoms with Gasteiger partial charge in [0.15, 0.2) is 18.0 Å². The lowest BCUT2D eigenvalue weighted by Crippen LogP contribution is -2.77. The lowest BCUT2D eigenvalue weighted by Gasteiger charge is -2.68. The average molecular weight is 776 g/mol. The Morgan fingerprint density at radius 1 is 1.18 bits per heavy atom. The summed E-state index contributed by atoms with van der Waals surface area (Å²) >= 11 is 0. The molecule has 15 heteroatoms. The van der Waals surface area contributed by atoms with E-state index in [9.17, 15) is 24.6 Å². The van der Waals surface area contributed by atoms with E-state index in [0.717, 1.165) is 6.07 Å². The number of nitrogens with zero attached hydrogens (tertiary/aromatic N) is 2. The molecule has 2 saturated carbocycles. The van der Waals surface area contributed by atoms with E-state index in [1.54, 1.807) is 20.8 Å². The molecule has 0 spiro atoms. The normalized spacial score (nSPS) is 37.5. The van der Waals surface area contributed by atoms with Gasteiger partial charge in [-0.15, -0.1) is 0 Å². The molecule has 12 atom stereocenters. The Morgan fingerprint density at radius 3 is 2.45 bits per heavy atom. The van der Waals surface area contributed by atoms with Gasteiger partial charge in [0.05, 0.1) is 18.3 Å². The van der Waals surface area contributed by atoms with Crippen molar-refractivity contribution in [3.8, 4) is 0 Å².